The second kappa shape index (κ2) is 6.85. The zero-order valence-electron chi connectivity index (χ0n) is 11.9. The van der Waals surface area contributed by atoms with Crippen LogP contribution in [0.4, 0.5) is 0 Å². The molecule has 0 spiro atoms. The van der Waals surface area contributed by atoms with Crippen molar-refractivity contribution in [2.75, 3.05) is 6.61 Å². The summed E-state index contributed by atoms with van der Waals surface area (Å²) in [5, 5.41) is 0. The monoisotopic (exact) mass is 269 g/mol. The van der Waals surface area contributed by atoms with Gasteiger partial charge in [0.25, 0.3) is 0 Å². The molecular weight excluding hydrogens is 250 g/mol. The smallest absolute Gasteiger partial charge is 0.170 e. The molecule has 0 radical (unpaired) electrons. The Morgan fingerprint density at radius 1 is 1.25 bits per heavy atom. The number of hydrogen-bond donors (Lipinski definition) is 0. The van der Waals surface area contributed by atoms with E-state index in [4.69, 9.17) is 4.74 Å². The minimum absolute atomic E-state index is 0.0955. The van der Waals surface area contributed by atoms with Gasteiger partial charge in [-0.15, -0.1) is 0 Å². The first-order valence-electron chi connectivity index (χ1n) is 6.89. The Morgan fingerprint density at radius 2 is 2.00 bits per heavy atom. The molecule has 3 heteroatoms. The molecule has 0 aliphatic heterocycles. The largest absolute Gasteiger partial charge is 0.494 e. The summed E-state index contributed by atoms with van der Waals surface area (Å²) in [6.45, 7) is 4.63. The average molecular weight is 269 g/mol. The van der Waals surface area contributed by atoms with Gasteiger partial charge >= 0.3 is 0 Å². The fourth-order valence-corrected chi connectivity index (χ4v) is 2.01. The third-order valence-electron chi connectivity index (χ3n) is 3.19. The molecule has 0 saturated carbocycles. The lowest BCUT2D eigenvalue weighted by molar-refractivity contribution is 0.0965. The topological polar surface area (TPSA) is 39.2 Å². The fourth-order valence-electron chi connectivity index (χ4n) is 2.01. The van der Waals surface area contributed by atoms with E-state index in [2.05, 4.69) is 11.9 Å². The molecule has 1 aromatic heterocycles. The number of nitrogens with zero attached hydrogens (tertiary/aromatic N) is 1. The van der Waals surface area contributed by atoms with Crippen molar-refractivity contribution in [1.29, 1.82) is 0 Å². The molecule has 0 aliphatic carbocycles. The maximum atomic E-state index is 12.5. The van der Waals surface area contributed by atoms with Crippen molar-refractivity contribution in [2.45, 2.75) is 26.2 Å². The number of aromatic nitrogens is 1. The number of hydrogen-bond acceptors (Lipinski definition) is 3. The van der Waals surface area contributed by atoms with Gasteiger partial charge in [-0.3, -0.25) is 9.78 Å². The minimum atomic E-state index is -0.181. The lowest BCUT2D eigenvalue weighted by atomic mass is 9.93. The lowest BCUT2D eigenvalue weighted by Crippen LogP contribution is -2.10. The Balaban J connectivity index is 2.16. The molecule has 0 N–H and O–H groups in total. The molecule has 1 atom stereocenters. The van der Waals surface area contributed by atoms with Gasteiger partial charge in [-0.2, -0.15) is 0 Å². The van der Waals surface area contributed by atoms with Crippen molar-refractivity contribution in [1.82, 2.24) is 4.98 Å². The summed E-state index contributed by atoms with van der Waals surface area (Å²) in [6.07, 6.45) is 4.37. The molecule has 104 valence electrons. The van der Waals surface area contributed by atoms with Gasteiger partial charge in [0.2, 0.25) is 0 Å². The first-order chi connectivity index (χ1) is 9.72. The van der Waals surface area contributed by atoms with Crippen LogP contribution in [0.5, 0.6) is 5.75 Å². The number of ether oxygens (including phenoxy) is 1. The Hall–Kier alpha value is -2.16. The molecule has 0 saturated heterocycles. The number of pyridine rings is 1. The quantitative estimate of drug-likeness (QED) is 0.747. The summed E-state index contributed by atoms with van der Waals surface area (Å²) >= 11 is 0. The van der Waals surface area contributed by atoms with E-state index in [0.29, 0.717) is 12.2 Å². The molecule has 0 aliphatic rings. The van der Waals surface area contributed by atoms with Crippen molar-refractivity contribution < 1.29 is 9.53 Å². The maximum absolute atomic E-state index is 12.5. The highest BCUT2D eigenvalue weighted by Crippen LogP contribution is 2.22. The SMILES string of the molecule is CCCOc1cccc(C(=O)C(C)c2ccncc2)c1. The minimum Gasteiger partial charge on any atom is -0.494 e. The van der Waals surface area contributed by atoms with Crippen LogP contribution in [0.1, 0.15) is 42.1 Å². The van der Waals surface area contributed by atoms with Crippen molar-refractivity contribution in [2.24, 2.45) is 0 Å². The predicted molar refractivity (Wildman–Crippen MR) is 79.2 cm³/mol. The third-order valence-corrected chi connectivity index (χ3v) is 3.19. The van der Waals surface area contributed by atoms with E-state index in [1.54, 1.807) is 12.4 Å². The molecule has 20 heavy (non-hydrogen) atoms. The number of carbonyl (C=O) groups excluding carboxylic acids is 1. The molecule has 1 aromatic carbocycles. The van der Waals surface area contributed by atoms with Crippen LogP contribution in [0.3, 0.4) is 0 Å². The standard InChI is InChI=1S/C17H19NO2/c1-3-11-20-16-6-4-5-15(12-16)17(19)13(2)14-7-9-18-10-8-14/h4-10,12-13H,3,11H2,1-2H3. The van der Waals surface area contributed by atoms with Gasteiger partial charge in [-0.05, 0) is 36.2 Å². The van der Waals surface area contributed by atoms with Crippen molar-refractivity contribution in [3.8, 4) is 5.75 Å². The summed E-state index contributed by atoms with van der Waals surface area (Å²) in [5.74, 6) is 0.664. The normalized spacial score (nSPS) is 11.9. The second-order valence-electron chi connectivity index (χ2n) is 4.74. The van der Waals surface area contributed by atoms with Gasteiger partial charge < -0.3 is 4.74 Å². The predicted octanol–water partition coefficient (Wildman–Crippen LogP) is 3.86. The zero-order valence-corrected chi connectivity index (χ0v) is 11.9. The molecule has 0 amide bonds. The first-order valence-corrected chi connectivity index (χ1v) is 6.89. The summed E-state index contributed by atoms with van der Waals surface area (Å²) in [6, 6.07) is 11.1. The van der Waals surface area contributed by atoms with Crippen LogP contribution in [0.2, 0.25) is 0 Å². The van der Waals surface area contributed by atoms with Crippen LogP contribution in [0, 0.1) is 0 Å². The van der Waals surface area contributed by atoms with Crippen LogP contribution in [-0.2, 0) is 0 Å². The van der Waals surface area contributed by atoms with Crippen molar-refractivity contribution in [3.63, 3.8) is 0 Å². The lowest BCUT2D eigenvalue weighted by Gasteiger charge is -2.12. The maximum Gasteiger partial charge on any atom is 0.170 e. The van der Waals surface area contributed by atoms with Gasteiger partial charge in [-0.25, -0.2) is 0 Å². The van der Waals surface area contributed by atoms with E-state index in [9.17, 15) is 4.79 Å². The van der Waals surface area contributed by atoms with Gasteiger partial charge in [0.1, 0.15) is 5.75 Å². The van der Waals surface area contributed by atoms with Crippen LogP contribution in [0.25, 0.3) is 0 Å². The average Bonchev–Trinajstić information content (AvgIpc) is 2.52. The summed E-state index contributed by atoms with van der Waals surface area (Å²) in [5.41, 5.74) is 1.66. The van der Waals surface area contributed by atoms with Crippen molar-refractivity contribution >= 4 is 5.78 Å². The molecular formula is C17H19NO2. The van der Waals surface area contributed by atoms with E-state index in [1.807, 2.05) is 43.3 Å². The van der Waals surface area contributed by atoms with Crippen molar-refractivity contribution in [3.05, 3.63) is 59.9 Å². The summed E-state index contributed by atoms with van der Waals surface area (Å²) in [4.78, 5) is 16.5. The van der Waals surface area contributed by atoms with E-state index in [-0.39, 0.29) is 11.7 Å². The Bertz CT molecular complexity index is 566. The van der Waals surface area contributed by atoms with Crippen LogP contribution < -0.4 is 4.74 Å². The van der Waals surface area contributed by atoms with Gasteiger partial charge in [0.05, 0.1) is 6.61 Å². The Kier molecular flexibility index (Phi) is 4.88. The molecule has 0 fully saturated rings. The molecule has 2 aromatic rings. The zero-order chi connectivity index (χ0) is 14.4. The highest BCUT2D eigenvalue weighted by atomic mass is 16.5. The molecule has 0 bridgehead atoms. The summed E-state index contributed by atoms with van der Waals surface area (Å²) in [7, 11) is 0. The van der Waals surface area contributed by atoms with E-state index in [0.717, 1.165) is 17.7 Å². The van der Waals surface area contributed by atoms with Gasteiger partial charge in [-0.1, -0.05) is 26.0 Å². The number of ketones is 1. The molecule has 1 heterocycles. The molecule has 2 rings (SSSR count). The Morgan fingerprint density at radius 3 is 2.70 bits per heavy atom. The second-order valence-corrected chi connectivity index (χ2v) is 4.74. The van der Waals surface area contributed by atoms with E-state index < -0.39 is 0 Å². The summed E-state index contributed by atoms with van der Waals surface area (Å²) < 4.78 is 5.57. The highest BCUT2D eigenvalue weighted by molar-refractivity contribution is 6.00. The van der Waals surface area contributed by atoms with Crippen LogP contribution in [0.15, 0.2) is 48.8 Å². The van der Waals surface area contributed by atoms with Crippen LogP contribution >= 0.6 is 0 Å². The van der Waals surface area contributed by atoms with Gasteiger partial charge in [0, 0.05) is 23.9 Å². The van der Waals surface area contributed by atoms with E-state index >= 15 is 0 Å². The first kappa shape index (κ1) is 14.3. The number of carbonyl (C=O) groups is 1. The molecule has 3 nitrogen and oxygen atoms in total. The number of rotatable bonds is 6. The molecule has 1 unspecified atom stereocenters. The van der Waals surface area contributed by atoms with Crippen LogP contribution in [-0.4, -0.2) is 17.4 Å². The number of benzene rings is 1. The highest BCUT2D eigenvalue weighted by Gasteiger charge is 2.17. The van der Waals surface area contributed by atoms with E-state index in [1.165, 1.54) is 0 Å². The fraction of sp³-hybridized carbons (Fsp3) is 0.294. The van der Waals surface area contributed by atoms with Gasteiger partial charge in [0.15, 0.2) is 5.78 Å². The third kappa shape index (κ3) is 3.44. The Labute approximate surface area is 119 Å². The number of Topliss-reactive ketones (excluding diaryl/α,β-unsaturated/α-hetero) is 1.